The van der Waals surface area contributed by atoms with Crippen LogP contribution < -0.4 is 5.32 Å². The predicted octanol–water partition coefficient (Wildman–Crippen LogP) is 1.31. The molecule has 0 aliphatic carbocycles. The number of hydrogen-bond acceptors (Lipinski definition) is 10. The van der Waals surface area contributed by atoms with Gasteiger partial charge >= 0.3 is 11.9 Å². The molecule has 0 bridgehead atoms. The predicted molar refractivity (Wildman–Crippen MR) is 141 cm³/mol. The fourth-order valence-electron chi connectivity index (χ4n) is 3.78. The van der Waals surface area contributed by atoms with E-state index in [0.29, 0.717) is 58.9 Å². The number of esters is 2. The number of ether oxygens (including phenoxy) is 3. The summed E-state index contributed by atoms with van der Waals surface area (Å²) in [5.74, 6) is -0.499. The molecular formula is C26H52N4O6. The Balaban J connectivity index is 2.88. The van der Waals surface area contributed by atoms with Crippen molar-refractivity contribution < 1.29 is 28.9 Å². The first-order valence-electron chi connectivity index (χ1n) is 13.1. The van der Waals surface area contributed by atoms with Gasteiger partial charge in [-0.15, -0.1) is 0 Å². The number of nitrogens with zero attached hydrogens (tertiary/aromatic N) is 3. The molecule has 1 rings (SSSR count). The van der Waals surface area contributed by atoms with Crippen molar-refractivity contribution >= 4 is 11.9 Å². The molecule has 0 aromatic heterocycles. The minimum atomic E-state index is -0.946. The summed E-state index contributed by atoms with van der Waals surface area (Å²) in [4.78, 5) is 31.2. The molecule has 1 atom stereocenters. The number of hydrogen-bond donors (Lipinski definition) is 2. The number of aliphatic hydroxyl groups is 1. The molecule has 10 heteroatoms. The molecule has 1 saturated heterocycles. The summed E-state index contributed by atoms with van der Waals surface area (Å²) in [6.45, 7) is 23.0. The van der Waals surface area contributed by atoms with Crippen molar-refractivity contribution in [3.8, 4) is 0 Å². The third-order valence-corrected chi connectivity index (χ3v) is 5.12. The topological polar surface area (TPSA) is 104 Å². The van der Waals surface area contributed by atoms with Crippen LogP contribution in [-0.2, 0) is 23.8 Å². The lowest BCUT2D eigenvalue weighted by Gasteiger charge is -2.33. The van der Waals surface area contributed by atoms with Gasteiger partial charge in [0.15, 0.2) is 6.29 Å². The van der Waals surface area contributed by atoms with Gasteiger partial charge in [0, 0.05) is 58.9 Å². The largest absolute Gasteiger partial charge is 0.459 e. The second-order valence-corrected chi connectivity index (χ2v) is 12.5. The Hall–Kier alpha value is -1.30. The van der Waals surface area contributed by atoms with Crippen LogP contribution >= 0.6 is 0 Å². The first-order chi connectivity index (χ1) is 16.4. The average Bonchev–Trinajstić information content (AvgIpc) is 2.63. The smallest absolute Gasteiger partial charge is 0.320 e. The molecule has 0 aromatic rings. The Kier molecular flexibility index (Phi) is 13.3. The molecule has 1 aliphatic heterocycles. The van der Waals surface area contributed by atoms with Gasteiger partial charge in [0.1, 0.15) is 11.2 Å². The molecule has 212 valence electrons. The Morgan fingerprint density at radius 1 is 0.694 bits per heavy atom. The van der Waals surface area contributed by atoms with E-state index in [1.54, 1.807) is 0 Å². The summed E-state index contributed by atoms with van der Waals surface area (Å²) >= 11 is 0. The third-order valence-electron chi connectivity index (χ3n) is 5.12. The number of aliphatic hydroxyl groups excluding tert-OH is 1. The monoisotopic (exact) mass is 516 g/mol. The van der Waals surface area contributed by atoms with E-state index in [2.05, 4.69) is 20.0 Å². The average molecular weight is 517 g/mol. The minimum absolute atomic E-state index is 0.207. The van der Waals surface area contributed by atoms with Gasteiger partial charge in [0.25, 0.3) is 0 Å². The van der Waals surface area contributed by atoms with Crippen molar-refractivity contribution in [1.29, 1.82) is 0 Å². The van der Waals surface area contributed by atoms with Crippen molar-refractivity contribution in [2.45, 2.75) is 85.4 Å². The summed E-state index contributed by atoms with van der Waals surface area (Å²) in [6.07, 6.45) is -0.946. The zero-order valence-electron chi connectivity index (χ0n) is 24.2. The van der Waals surface area contributed by atoms with E-state index in [1.807, 2.05) is 62.3 Å². The van der Waals surface area contributed by atoms with Gasteiger partial charge in [-0.1, -0.05) is 0 Å². The second-order valence-electron chi connectivity index (χ2n) is 12.5. The first-order valence-corrected chi connectivity index (χ1v) is 13.1. The molecule has 1 fully saturated rings. The van der Waals surface area contributed by atoms with Crippen molar-refractivity contribution in [1.82, 2.24) is 20.0 Å². The Morgan fingerprint density at radius 3 is 1.44 bits per heavy atom. The maximum Gasteiger partial charge on any atom is 0.320 e. The lowest BCUT2D eigenvalue weighted by molar-refractivity contribution is -0.174. The molecule has 36 heavy (non-hydrogen) atoms. The van der Waals surface area contributed by atoms with Crippen LogP contribution in [0.5, 0.6) is 0 Å². The molecule has 1 unspecified atom stereocenters. The molecule has 2 N–H and O–H groups in total. The molecule has 0 saturated carbocycles. The van der Waals surface area contributed by atoms with E-state index in [1.165, 1.54) is 0 Å². The fourth-order valence-corrected chi connectivity index (χ4v) is 3.78. The SMILES string of the molecule is CC(C)(C)OC(=O)CN1CCNCCN(CC(=O)OC(C)(C)C)CCN(CC(O)OC(C)(C)C)CC1. The highest BCUT2D eigenvalue weighted by molar-refractivity contribution is 5.72. The zero-order valence-corrected chi connectivity index (χ0v) is 24.2. The van der Waals surface area contributed by atoms with Crippen LogP contribution in [0.2, 0.25) is 0 Å². The van der Waals surface area contributed by atoms with Crippen LogP contribution in [-0.4, -0.2) is 127 Å². The van der Waals surface area contributed by atoms with Gasteiger partial charge < -0.3 is 24.6 Å². The van der Waals surface area contributed by atoms with Crippen LogP contribution in [0.1, 0.15) is 62.3 Å². The molecule has 0 radical (unpaired) electrons. The second kappa shape index (κ2) is 14.6. The van der Waals surface area contributed by atoms with Gasteiger partial charge in [-0.2, -0.15) is 0 Å². The van der Waals surface area contributed by atoms with Gasteiger partial charge in [0.2, 0.25) is 0 Å². The summed E-state index contributed by atoms with van der Waals surface area (Å²) < 4.78 is 16.8. The number of carbonyl (C=O) groups excluding carboxylic acids is 2. The number of nitrogens with one attached hydrogen (secondary N) is 1. The highest BCUT2D eigenvalue weighted by atomic mass is 16.6. The van der Waals surface area contributed by atoms with E-state index in [9.17, 15) is 14.7 Å². The van der Waals surface area contributed by atoms with Crippen LogP contribution in [0.4, 0.5) is 0 Å². The summed E-state index contributed by atoms with van der Waals surface area (Å²) in [5, 5.41) is 14.0. The van der Waals surface area contributed by atoms with Crippen molar-refractivity contribution in [3.63, 3.8) is 0 Å². The van der Waals surface area contributed by atoms with E-state index >= 15 is 0 Å². The molecule has 1 heterocycles. The fraction of sp³-hybridized carbons (Fsp3) is 0.923. The third kappa shape index (κ3) is 17.2. The maximum atomic E-state index is 12.5. The molecule has 1 aliphatic rings. The maximum absolute atomic E-state index is 12.5. The van der Waals surface area contributed by atoms with E-state index < -0.39 is 23.1 Å². The lowest BCUT2D eigenvalue weighted by atomic mass is 10.2. The van der Waals surface area contributed by atoms with Crippen molar-refractivity contribution in [3.05, 3.63) is 0 Å². The molecular weight excluding hydrogens is 464 g/mol. The summed E-state index contributed by atoms with van der Waals surface area (Å²) in [7, 11) is 0. The van der Waals surface area contributed by atoms with Gasteiger partial charge in [-0.25, -0.2) is 0 Å². The van der Waals surface area contributed by atoms with E-state index in [-0.39, 0.29) is 25.0 Å². The van der Waals surface area contributed by atoms with Gasteiger partial charge in [-0.3, -0.25) is 24.3 Å². The molecule has 10 nitrogen and oxygen atoms in total. The van der Waals surface area contributed by atoms with E-state index in [4.69, 9.17) is 14.2 Å². The summed E-state index contributed by atoms with van der Waals surface area (Å²) in [6, 6.07) is 0. The quantitative estimate of drug-likeness (QED) is 0.380. The van der Waals surface area contributed by atoms with Crippen LogP contribution in [0.15, 0.2) is 0 Å². The number of β-amino-alcohol motifs (C(OH)–C–C–N with tert-alkyl or cyclic N) is 1. The molecule has 0 spiro atoms. The lowest BCUT2D eigenvalue weighted by Crippen LogP contribution is -2.49. The van der Waals surface area contributed by atoms with Crippen LogP contribution in [0.25, 0.3) is 0 Å². The Bertz CT molecular complexity index is 625. The number of carbonyl (C=O) groups is 2. The molecule has 0 amide bonds. The van der Waals surface area contributed by atoms with Crippen molar-refractivity contribution in [2.75, 3.05) is 72.0 Å². The molecule has 0 aromatic carbocycles. The van der Waals surface area contributed by atoms with Gasteiger partial charge in [-0.05, 0) is 62.3 Å². The first kappa shape index (κ1) is 32.7. The van der Waals surface area contributed by atoms with Crippen LogP contribution in [0, 0.1) is 0 Å². The highest BCUT2D eigenvalue weighted by Gasteiger charge is 2.24. The Labute approximate surface area is 218 Å². The van der Waals surface area contributed by atoms with Crippen molar-refractivity contribution in [2.24, 2.45) is 0 Å². The van der Waals surface area contributed by atoms with Crippen LogP contribution in [0.3, 0.4) is 0 Å². The summed E-state index contributed by atoms with van der Waals surface area (Å²) in [5.41, 5.74) is -1.52. The van der Waals surface area contributed by atoms with Gasteiger partial charge in [0.05, 0.1) is 18.7 Å². The standard InChI is InChI=1S/C26H52N4O6/c1-24(2,3)34-21(31)18-28-12-10-27-11-13-29(19-22(32)35-25(4,5)6)15-17-30(16-14-28)20-23(33)36-26(7,8)9/h23,27,33H,10-20H2,1-9H3. The zero-order chi connectivity index (χ0) is 27.6. The normalized spacial score (nSPS) is 19.7. The highest BCUT2D eigenvalue weighted by Crippen LogP contribution is 2.12. The Morgan fingerprint density at radius 2 is 1.08 bits per heavy atom. The minimum Gasteiger partial charge on any atom is -0.459 e. The number of rotatable bonds is 7. The van der Waals surface area contributed by atoms with E-state index in [0.717, 1.165) is 0 Å².